The lowest BCUT2D eigenvalue weighted by atomic mass is 10.1. The number of carbonyl (C=O) groups is 1. The molecule has 1 aromatic heterocycles. The molecule has 0 atom stereocenters. The molecule has 0 aliphatic heterocycles. The molecule has 4 nitrogen and oxygen atoms in total. The molecule has 0 bridgehead atoms. The standard InChI is InChI=1S/C23H35N3O/c1-2-3-4-5-6-7-8-9-10-11-12-13-14-15-20-23(27)26-22-19-17-16-18-21(22)24-25-26/h6-7,16-19H,2-5,8-15,20H2,1H3/b7-6+. The third-order valence-electron chi connectivity index (χ3n) is 4.99. The predicted octanol–water partition coefficient (Wildman–Crippen LogP) is 6.72. The number of rotatable bonds is 14. The van der Waals surface area contributed by atoms with Crippen molar-refractivity contribution < 1.29 is 4.79 Å². The van der Waals surface area contributed by atoms with Gasteiger partial charge in [-0.05, 0) is 44.2 Å². The Morgan fingerprint density at radius 1 is 0.889 bits per heavy atom. The van der Waals surface area contributed by atoms with E-state index in [1.807, 2.05) is 24.3 Å². The molecule has 0 saturated carbocycles. The quantitative estimate of drug-likeness (QED) is 0.274. The van der Waals surface area contributed by atoms with Crippen molar-refractivity contribution in [1.29, 1.82) is 0 Å². The van der Waals surface area contributed by atoms with Gasteiger partial charge in [0.15, 0.2) is 0 Å². The van der Waals surface area contributed by atoms with Crippen molar-refractivity contribution >= 4 is 16.9 Å². The highest BCUT2D eigenvalue weighted by atomic mass is 16.2. The SMILES string of the molecule is CCCCC/C=C/CCCCCCCCCC(=O)n1nnc2ccccc21. The number of carbonyl (C=O) groups excluding carboxylic acids is 1. The van der Waals surface area contributed by atoms with Gasteiger partial charge in [0, 0.05) is 6.42 Å². The molecule has 2 rings (SSSR count). The zero-order chi connectivity index (χ0) is 19.2. The van der Waals surface area contributed by atoms with E-state index in [4.69, 9.17) is 0 Å². The first-order valence-corrected chi connectivity index (χ1v) is 10.8. The number of hydrogen-bond acceptors (Lipinski definition) is 3. The fraction of sp³-hybridized carbons (Fsp3) is 0.609. The third kappa shape index (κ3) is 8.06. The first-order valence-electron chi connectivity index (χ1n) is 10.8. The van der Waals surface area contributed by atoms with Crippen LogP contribution in [0.15, 0.2) is 36.4 Å². The summed E-state index contributed by atoms with van der Waals surface area (Å²) < 4.78 is 1.45. The fourth-order valence-electron chi connectivity index (χ4n) is 3.33. The van der Waals surface area contributed by atoms with Crippen molar-refractivity contribution in [3.05, 3.63) is 36.4 Å². The van der Waals surface area contributed by atoms with Crippen LogP contribution in [0, 0.1) is 0 Å². The summed E-state index contributed by atoms with van der Waals surface area (Å²) in [7, 11) is 0. The van der Waals surface area contributed by atoms with Crippen LogP contribution in [-0.4, -0.2) is 20.9 Å². The van der Waals surface area contributed by atoms with Gasteiger partial charge in [-0.15, -0.1) is 5.10 Å². The van der Waals surface area contributed by atoms with Gasteiger partial charge in [-0.1, -0.05) is 81.4 Å². The lowest BCUT2D eigenvalue weighted by Gasteiger charge is -2.02. The minimum absolute atomic E-state index is 0.0504. The summed E-state index contributed by atoms with van der Waals surface area (Å²) in [6, 6.07) is 7.61. The highest BCUT2D eigenvalue weighted by Gasteiger charge is 2.10. The summed E-state index contributed by atoms with van der Waals surface area (Å²) in [4.78, 5) is 12.3. The largest absolute Gasteiger partial charge is 0.273 e. The van der Waals surface area contributed by atoms with Crippen molar-refractivity contribution in [2.75, 3.05) is 0 Å². The van der Waals surface area contributed by atoms with Crippen LogP contribution in [0.3, 0.4) is 0 Å². The van der Waals surface area contributed by atoms with Gasteiger partial charge in [0.1, 0.15) is 5.52 Å². The van der Waals surface area contributed by atoms with Crippen LogP contribution in [0.1, 0.15) is 95.2 Å². The Balaban J connectivity index is 1.45. The molecule has 0 saturated heterocycles. The smallest absolute Gasteiger partial charge is 0.248 e. The zero-order valence-electron chi connectivity index (χ0n) is 16.9. The Kier molecular flexibility index (Phi) is 10.5. The molecule has 1 aromatic carbocycles. The van der Waals surface area contributed by atoms with E-state index in [1.165, 1.54) is 68.9 Å². The van der Waals surface area contributed by atoms with Crippen LogP contribution in [0.4, 0.5) is 0 Å². The highest BCUT2D eigenvalue weighted by molar-refractivity contribution is 5.88. The molecule has 0 aliphatic carbocycles. The monoisotopic (exact) mass is 369 g/mol. The first-order chi connectivity index (χ1) is 13.3. The molecule has 0 fully saturated rings. The summed E-state index contributed by atoms with van der Waals surface area (Å²) >= 11 is 0. The average molecular weight is 370 g/mol. The molecule has 148 valence electrons. The maximum Gasteiger partial charge on any atom is 0.248 e. The van der Waals surface area contributed by atoms with E-state index >= 15 is 0 Å². The van der Waals surface area contributed by atoms with E-state index in [1.54, 1.807) is 0 Å². The number of fused-ring (bicyclic) bond motifs is 1. The Hall–Kier alpha value is -1.97. The van der Waals surface area contributed by atoms with Crippen molar-refractivity contribution in [3.63, 3.8) is 0 Å². The van der Waals surface area contributed by atoms with Gasteiger partial charge >= 0.3 is 0 Å². The molecule has 4 heteroatoms. The van der Waals surface area contributed by atoms with E-state index in [9.17, 15) is 4.79 Å². The number of allylic oxidation sites excluding steroid dienone is 2. The summed E-state index contributed by atoms with van der Waals surface area (Å²) in [5, 5.41) is 8.04. The normalized spacial score (nSPS) is 11.6. The topological polar surface area (TPSA) is 47.8 Å². The van der Waals surface area contributed by atoms with E-state index < -0.39 is 0 Å². The molecular formula is C23H35N3O. The predicted molar refractivity (Wildman–Crippen MR) is 113 cm³/mol. The second-order valence-corrected chi connectivity index (χ2v) is 7.36. The van der Waals surface area contributed by atoms with Crippen molar-refractivity contribution in [1.82, 2.24) is 15.0 Å². The second kappa shape index (κ2) is 13.2. The molecule has 0 amide bonds. The van der Waals surface area contributed by atoms with Crippen LogP contribution >= 0.6 is 0 Å². The molecule has 2 aromatic rings. The van der Waals surface area contributed by atoms with Crippen LogP contribution < -0.4 is 0 Å². The lowest BCUT2D eigenvalue weighted by molar-refractivity contribution is 0.0886. The van der Waals surface area contributed by atoms with Gasteiger partial charge in [-0.25, -0.2) is 0 Å². The maximum absolute atomic E-state index is 12.3. The molecule has 0 aliphatic rings. The summed E-state index contributed by atoms with van der Waals surface area (Å²) in [6.45, 7) is 2.25. The second-order valence-electron chi connectivity index (χ2n) is 7.36. The maximum atomic E-state index is 12.3. The first kappa shape index (κ1) is 21.3. The molecule has 27 heavy (non-hydrogen) atoms. The van der Waals surface area contributed by atoms with Gasteiger partial charge < -0.3 is 0 Å². The van der Waals surface area contributed by atoms with Gasteiger partial charge in [-0.3, -0.25) is 4.79 Å². The zero-order valence-corrected chi connectivity index (χ0v) is 16.9. The summed E-state index contributed by atoms with van der Waals surface area (Å²) in [5.41, 5.74) is 1.59. The summed E-state index contributed by atoms with van der Waals surface area (Å²) in [5.74, 6) is 0.0504. The van der Waals surface area contributed by atoms with Crippen LogP contribution in [0.5, 0.6) is 0 Å². The van der Waals surface area contributed by atoms with Crippen molar-refractivity contribution in [2.45, 2.75) is 90.4 Å². The molecular weight excluding hydrogens is 334 g/mol. The molecule has 0 radical (unpaired) electrons. The Labute approximate surface area is 164 Å². The van der Waals surface area contributed by atoms with Gasteiger partial charge in [0.25, 0.3) is 0 Å². The molecule has 0 unspecified atom stereocenters. The minimum Gasteiger partial charge on any atom is -0.273 e. The average Bonchev–Trinajstić information content (AvgIpc) is 3.12. The number of aromatic nitrogens is 3. The van der Waals surface area contributed by atoms with Crippen LogP contribution in [0.25, 0.3) is 11.0 Å². The number of para-hydroxylation sites is 1. The van der Waals surface area contributed by atoms with E-state index in [2.05, 4.69) is 29.4 Å². The van der Waals surface area contributed by atoms with E-state index in [0.717, 1.165) is 23.9 Å². The number of unbranched alkanes of at least 4 members (excludes halogenated alkanes) is 10. The summed E-state index contributed by atoms with van der Waals surface area (Å²) in [6.07, 6.45) is 20.2. The van der Waals surface area contributed by atoms with Gasteiger partial charge in [0.05, 0.1) is 5.52 Å². The Morgan fingerprint density at radius 3 is 2.26 bits per heavy atom. The number of hydrogen-bond donors (Lipinski definition) is 0. The third-order valence-corrected chi connectivity index (χ3v) is 4.99. The van der Waals surface area contributed by atoms with Gasteiger partial charge in [-0.2, -0.15) is 4.68 Å². The minimum atomic E-state index is 0.0504. The Bertz CT molecular complexity index is 690. The van der Waals surface area contributed by atoms with Crippen molar-refractivity contribution in [2.24, 2.45) is 0 Å². The molecule has 1 heterocycles. The fourth-order valence-corrected chi connectivity index (χ4v) is 3.33. The Morgan fingerprint density at radius 2 is 1.52 bits per heavy atom. The van der Waals surface area contributed by atoms with E-state index in [-0.39, 0.29) is 5.91 Å². The van der Waals surface area contributed by atoms with Crippen molar-refractivity contribution in [3.8, 4) is 0 Å². The van der Waals surface area contributed by atoms with E-state index in [0.29, 0.717) is 6.42 Å². The molecule has 0 N–H and O–H groups in total. The number of nitrogens with zero attached hydrogens (tertiary/aromatic N) is 3. The highest BCUT2D eigenvalue weighted by Crippen LogP contribution is 2.13. The molecule has 0 spiro atoms. The van der Waals surface area contributed by atoms with Gasteiger partial charge in [0.2, 0.25) is 5.91 Å². The van der Waals surface area contributed by atoms with Crippen LogP contribution in [0.2, 0.25) is 0 Å². The lowest BCUT2D eigenvalue weighted by Crippen LogP contribution is -2.12. The number of benzene rings is 1. The van der Waals surface area contributed by atoms with Crippen LogP contribution in [-0.2, 0) is 0 Å².